The number of hydrogen-bond donors (Lipinski definition) is 1. The number of likely N-dealkylation sites (tertiary alicyclic amines) is 2. The van der Waals surface area contributed by atoms with Gasteiger partial charge in [-0.3, -0.25) is 9.59 Å². The highest BCUT2D eigenvalue weighted by Gasteiger charge is 2.36. The van der Waals surface area contributed by atoms with E-state index >= 15 is 0 Å². The fourth-order valence-corrected chi connectivity index (χ4v) is 4.25. The Morgan fingerprint density at radius 2 is 1.96 bits per heavy atom. The van der Waals surface area contributed by atoms with E-state index in [-0.39, 0.29) is 17.9 Å². The molecule has 2 amide bonds. The summed E-state index contributed by atoms with van der Waals surface area (Å²) in [7, 11) is 0. The van der Waals surface area contributed by atoms with Gasteiger partial charge in [-0.05, 0) is 56.0 Å². The van der Waals surface area contributed by atoms with Gasteiger partial charge < -0.3 is 15.5 Å². The van der Waals surface area contributed by atoms with Gasteiger partial charge in [-0.1, -0.05) is 6.07 Å². The largest absolute Gasteiger partial charge is 0.341 e. The summed E-state index contributed by atoms with van der Waals surface area (Å²) in [6.45, 7) is 2.94. The predicted molar refractivity (Wildman–Crippen MR) is 91.4 cm³/mol. The topological polar surface area (TPSA) is 66.6 Å². The molecule has 1 aromatic heterocycles. The number of hydrogen-bond acceptors (Lipinski definition) is 4. The Balaban J connectivity index is 1.68. The minimum Gasteiger partial charge on any atom is -0.341 e. The van der Waals surface area contributed by atoms with Crippen molar-refractivity contribution in [2.45, 2.75) is 38.1 Å². The van der Waals surface area contributed by atoms with Gasteiger partial charge in [0.05, 0.1) is 4.88 Å². The van der Waals surface area contributed by atoms with E-state index in [1.54, 1.807) is 4.90 Å². The van der Waals surface area contributed by atoms with Crippen LogP contribution >= 0.6 is 11.3 Å². The molecule has 2 N–H and O–H groups in total. The molecule has 0 radical (unpaired) electrons. The van der Waals surface area contributed by atoms with E-state index in [1.807, 2.05) is 22.4 Å². The van der Waals surface area contributed by atoms with Crippen LogP contribution in [-0.2, 0) is 4.79 Å². The van der Waals surface area contributed by atoms with Gasteiger partial charge in [0.25, 0.3) is 5.91 Å². The van der Waals surface area contributed by atoms with Crippen LogP contribution in [0, 0.1) is 5.92 Å². The maximum Gasteiger partial charge on any atom is 0.264 e. The number of nitrogens with two attached hydrogens (primary N) is 1. The summed E-state index contributed by atoms with van der Waals surface area (Å²) < 4.78 is 0. The van der Waals surface area contributed by atoms with Crippen molar-refractivity contribution in [3.05, 3.63) is 22.4 Å². The summed E-state index contributed by atoms with van der Waals surface area (Å²) >= 11 is 1.45. The lowest BCUT2D eigenvalue weighted by Gasteiger charge is -2.39. The van der Waals surface area contributed by atoms with Crippen LogP contribution in [0.15, 0.2) is 17.5 Å². The van der Waals surface area contributed by atoms with E-state index in [1.165, 1.54) is 11.3 Å². The molecule has 6 heteroatoms. The monoisotopic (exact) mass is 335 g/mol. The van der Waals surface area contributed by atoms with E-state index < -0.39 is 0 Å². The molecular weight excluding hydrogens is 310 g/mol. The number of nitrogens with zero attached hydrogens (tertiary/aromatic N) is 2. The third-order valence-corrected chi connectivity index (χ3v) is 5.90. The summed E-state index contributed by atoms with van der Waals surface area (Å²) in [4.78, 5) is 30.1. The Kier molecular flexibility index (Phi) is 5.33. The third-order valence-electron chi connectivity index (χ3n) is 5.04. The molecule has 126 valence electrons. The number of rotatable bonds is 3. The lowest BCUT2D eigenvalue weighted by molar-refractivity contribution is -0.138. The molecule has 1 unspecified atom stereocenters. The molecule has 3 rings (SSSR count). The van der Waals surface area contributed by atoms with Crippen LogP contribution in [0.3, 0.4) is 0 Å². The molecule has 0 aliphatic carbocycles. The fraction of sp³-hybridized carbons (Fsp3) is 0.647. The molecule has 3 heterocycles. The third kappa shape index (κ3) is 3.58. The number of piperidine rings is 2. The minimum absolute atomic E-state index is 0.00916. The zero-order chi connectivity index (χ0) is 16.2. The zero-order valence-electron chi connectivity index (χ0n) is 13.4. The van der Waals surface area contributed by atoms with Crippen molar-refractivity contribution in [1.82, 2.24) is 9.80 Å². The number of carbonyl (C=O) groups is 2. The van der Waals surface area contributed by atoms with Gasteiger partial charge in [0.1, 0.15) is 6.04 Å². The van der Waals surface area contributed by atoms with Crippen molar-refractivity contribution >= 4 is 23.2 Å². The highest BCUT2D eigenvalue weighted by atomic mass is 32.1. The second-order valence-electron chi connectivity index (χ2n) is 6.49. The smallest absolute Gasteiger partial charge is 0.264 e. The SMILES string of the molecule is NCC1CCN(C(=O)C2CCCCN2C(=O)c2cccs2)CC1. The Morgan fingerprint density at radius 1 is 1.17 bits per heavy atom. The Bertz CT molecular complexity index is 538. The van der Waals surface area contributed by atoms with Gasteiger partial charge in [0.15, 0.2) is 0 Å². The van der Waals surface area contributed by atoms with Crippen molar-refractivity contribution in [3.63, 3.8) is 0 Å². The lowest BCUT2D eigenvalue weighted by atomic mass is 9.95. The molecule has 0 aromatic carbocycles. The summed E-state index contributed by atoms with van der Waals surface area (Å²) in [6.07, 6.45) is 4.74. The number of amides is 2. The molecule has 0 bridgehead atoms. The maximum absolute atomic E-state index is 12.9. The van der Waals surface area contributed by atoms with Crippen molar-refractivity contribution in [1.29, 1.82) is 0 Å². The van der Waals surface area contributed by atoms with E-state index in [0.29, 0.717) is 19.0 Å². The quantitative estimate of drug-likeness (QED) is 0.918. The Labute approximate surface area is 141 Å². The second-order valence-corrected chi connectivity index (χ2v) is 7.44. The molecule has 5 nitrogen and oxygen atoms in total. The van der Waals surface area contributed by atoms with E-state index in [4.69, 9.17) is 5.73 Å². The number of carbonyl (C=O) groups excluding carboxylic acids is 2. The van der Waals surface area contributed by atoms with Crippen LogP contribution in [0.1, 0.15) is 41.8 Å². The molecule has 1 aromatic rings. The summed E-state index contributed by atoms with van der Waals surface area (Å²) in [5.74, 6) is 0.675. The minimum atomic E-state index is -0.284. The maximum atomic E-state index is 12.9. The van der Waals surface area contributed by atoms with E-state index in [0.717, 1.165) is 50.1 Å². The summed E-state index contributed by atoms with van der Waals surface area (Å²) in [5.41, 5.74) is 5.73. The van der Waals surface area contributed by atoms with Gasteiger partial charge in [0.2, 0.25) is 5.91 Å². The van der Waals surface area contributed by atoms with Crippen LogP contribution in [0.4, 0.5) is 0 Å². The van der Waals surface area contributed by atoms with Crippen molar-refractivity contribution in [2.75, 3.05) is 26.2 Å². The average molecular weight is 335 g/mol. The molecule has 2 saturated heterocycles. The molecule has 0 spiro atoms. The van der Waals surface area contributed by atoms with E-state index in [2.05, 4.69) is 0 Å². The first-order valence-electron chi connectivity index (χ1n) is 8.54. The average Bonchev–Trinajstić information content (AvgIpc) is 3.15. The van der Waals surface area contributed by atoms with Crippen LogP contribution in [0.25, 0.3) is 0 Å². The second kappa shape index (κ2) is 7.45. The van der Waals surface area contributed by atoms with Crippen LogP contribution in [0.5, 0.6) is 0 Å². The van der Waals surface area contributed by atoms with Gasteiger partial charge in [0, 0.05) is 19.6 Å². The molecule has 0 saturated carbocycles. The Hall–Kier alpha value is -1.40. The summed E-state index contributed by atoms with van der Waals surface area (Å²) in [6, 6.07) is 3.44. The predicted octanol–water partition coefficient (Wildman–Crippen LogP) is 1.94. The molecule has 1 atom stereocenters. The normalized spacial score (nSPS) is 23.1. The fourth-order valence-electron chi connectivity index (χ4n) is 3.57. The first-order valence-corrected chi connectivity index (χ1v) is 9.42. The van der Waals surface area contributed by atoms with Crippen LogP contribution < -0.4 is 5.73 Å². The van der Waals surface area contributed by atoms with Crippen LogP contribution in [0.2, 0.25) is 0 Å². The first kappa shape index (κ1) is 16.5. The zero-order valence-corrected chi connectivity index (χ0v) is 14.3. The van der Waals surface area contributed by atoms with E-state index in [9.17, 15) is 9.59 Å². The summed E-state index contributed by atoms with van der Waals surface area (Å²) in [5, 5.41) is 1.91. The van der Waals surface area contributed by atoms with Gasteiger partial charge >= 0.3 is 0 Å². The number of thiophene rings is 1. The molecule has 2 aliphatic rings. The standard InChI is InChI=1S/C17H25N3O2S/c18-12-13-6-9-19(10-7-13)16(21)14-4-1-2-8-20(14)17(22)15-5-3-11-23-15/h3,5,11,13-14H,1-2,4,6-10,12,18H2. The highest BCUT2D eigenvalue weighted by Crippen LogP contribution is 2.25. The van der Waals surface area contributed by atoms with Gasteiger partial charge in [-0.2, -0.15) is 0 Å². The molecule has 2 fully saturated rings. The lowest BCUT2D eigenvalue weighted by Crippen LogP contribution is -2.54. The van der Waals surface area contributed by atoms with Gasteiger partial charge in [-0.25, -0.2) is 0 Å². The molecule has 2 aliphatic heterocycles. The first-order chi connectivity index (χ1) is 11.2. The molecule has 23 heavy (non-hydrogen) atoms. The van der Waals surface area contributed by atoms with Crippen molar-refractivity contribution in [2.24, 2.45) is 11.7 Å². The van der Waals surface area contributed by atoms with Crippen molar-refractivity contribution < 1.29 is 9.59 Å². The van der Waals surface area contributed by atoms with Crippen LogP contribution in [-0.4, -0.2) is 53.8 Å². The molecular formula is C17H25N3O2S. The van der Waals surface area contributed by atoms with Gasteiger partial charge in [-0.15, -0.1) is 11.3 Å². The van der Waals surface area contributed by atoms with Crippen molar-refractivity contribution in [3.8, 4) is 0 Å². The highest BCUT2D eigenvalue weighted by molar-refractivity contribution is 7.12. The Morgan fingerprint density at radius 3 is 2.61 bits per heavy atom.